The smallest absolute Gasteiger partial charge is 0.306 e. The van der Waals surface area contributed by atoms with E-state index in [-0.39, 0.29) is 30.8 Å². The number of esters is 1. The summed E-state index contributed by atoms with van der Waals surface area (Å²) in [6.45, 7) is 2.21. The van der Waals surface area contributed by atoms with Gasteiger partial charge in [0.05, 0.1) is 7.11 Å². The number of carbonyl (C=O) groups excluding carboxylic acids is 2. The van der Waals surface area contributed by atoms with E-state index in [2.05, 4.69) is 12.2 Å². The van der Waals surface area contributed by atoms with Crippen LogP contribution in [0.5, 0.6) is 11.5 Å². The van der Waals surface area contributed by atoms with Crippen molar-refractivity contribution in [2.75, 3.05) is 13.7 Å². The van der Waals surface area contributed by atoms with Crippen LogP contribution in [0.25, 0.3) is 0 Å². The van der Waals surface area contributed by atoms with Crippen LogP contribution >= 0.6 is 0 Å². The van der Waals surface area contributed by atoms with Crippen molar-refractivity contribution in [3.63, 3.8) is 0 Å². The van der Waals surface area contributed by atoms with Crippen LogP contribution in [-0.4, -0.2) is 30.7 Å². The molecule has 1 amide bonds. The van der Waals surface area contributed by atoms with Crippen molar-refractivity contribution in [1.82, 2.24) is 5.32 Å². The molecule has 0 bridgehead atoms. The quantitative estimate of drug-likeness (QED) is 0.339. The van der Waals surface area contributed by atoms with E-state index < -0.39 is 0 Å². The topological polar surface area (TPSA) is 84.9 Å². The number of rotatable bonds is 15. The number of unbranched alkanes of at least 4 members (excludes halogenated alkanes) is 8. The fraction of sp³-hybridized carbons (Fsp3) is 0.636. The number of benzene rings is 1. The zero-order chi connectivity index (χ0) is 20.6. The third-order valence-corrected chi connectivity index (χ3v) is 4.58. The second kappa shape index (κ2) is 14.8. The van der Waals surface area contributed by atoms with E-state index in [1.165, 1.54) is 51.7 Å². The first kappa shape index (κ1) is 23.8. The number of ether oxygens (including phenoxy) is 2. The Bertz CT molecular complexity index is 588. The molecule has 0 aliphatic carbocycles. The predicted molar refractivity (Wildman–Crippen MR) is 109 cm³/mol. The van der Waals surface area contributed by atoms with Crippen molar-refractivity contribution >= 4 is 11.9 Å². The van der Waals surface area contributed by atoms with Gasteiger partial charge in [-0.25, -0.2) is 0 Å². The molecule has 0 aromatic heterocycles. The van der Waals surface area contributed by atoms with Crippen LogP contribution in [-0.2, 0) is 20.9 Å². The largest absolute Gasteiger partial charge is 0.504 e. The molecule has 0 saturated heterocycles. The third-order valence-electron chi connectivity index (χ3n) is 4.58. The standard InChI is InChI=1S/C22H35NO5/c1-3-4-5-6-7-8-9-10-11-12-22(26)28-17-21(25)23-16-18-13-14-19(24)20(15-18)27-2/h13-15,24H,3-12,16-17H2,1-2H3,(H,23,25). The normalized spacial score (nSPS) is 10.5. The number of hydrogen-bond acceptors (Lipinski definition) is 5. The molecular weight excluding hydrogens is 358 g/mol. The Hall–Kier alpha value is -2.24. The average Bonchev–Trinajstić information content (AvgIpc) is 2.70. The lowest BCUT2D eigenvalue weighted by Crippen LogP contribution is -2.28. The van der Waals surface area contributed by atoms with E-state index in [0.29, 0.717) is 12.2 Å². The lowest BCUT2D eigenvalue weighted by molar-refractivity contribution is -0.148. The number of nitrogens with one attached hydrogen (secondary N) is 1. The molecule has 0 unspecified atom stereocenters. The molecule has 0 fully saturated rings. The molecular formula is C22H35NO5. The molecule has 0 radical (unpaired) electrons. The predicted octanol–water partition coefficient (Wildman–Crippen LogP) is 4.48. The molecule has 28 heavy (non-hydrogen) atoms. The molecule has 158 valence electrons. The summed E-state index contributed by atoms with van der Waals surface area (Å²) in [5.41, 5.74) is 0.782. The Labute approximate surface area is 168 Å². The molecule has 1 aromatic rings. The molecule has 0 aliphatic heterocycles. The molecule has 0 spiro atoms. The maximum Gasteiger partial charge on any atom is 0.306 e. The Kier molecular flexibility index (Phi) is 12.6. The number of aromatic hydroxyl groups is 1. The van der Waals surface area contributed by atoms with Gasteiger partial charge >= 0.3 is 5.97 Å². The van der Waals surface area contributed by atoms with Crippen molar-refractivity contribution in [2.45, 2.75) is 77.7 Å². The summed E-state index contributed by atoms with van der Waals surface area (Å²) >= 11 is 0. The van der Waals surface area contributed by atoms with Crippen molar-refractivity contribution < 1.29 is 24.2 Å². The molecule has 6 heteroatoms. The first-order valence-electron chi connectivity index (χ1n) is 10.3. The van der Waals surface area contributed by atoms with Crippen LogP contribution in [0, 0.1) is 0 Å². The lowest BCUT2D eigenvalue weighted by atomic mass is 10.1. The Morgan fingerprint density at radius 1 is 1.00 bits per heavy atom. The van der Waals surface area contributed by atoms with Gasteiger partial charge in [0.15, 0.2) is 18.1 Å². The zero-order valence-corrected chi connectivity index (χ0v) is 17.3. The van der Waals surface area contributed by atoms with Crippen molar-refractivity contribution in [3.8, 4) is 11.5 Å². The summed E-state index contributed by atoms with van der Waals surface area (Å²) in [4.78, 5) is 23.5. The molecule has 0 saturated carbocycles. The van der Waals surface area contributed by atoms with Crippen LogP contribution in [0.3, 0.4) is 0 Å². The van der Waals surface area contributed by atoms with Gasteiger partial charge in [0.25, 0.3) is 5.91 Å². The maximum absolute atomic E-state index is 11.8. The second-order valence-electron chi connectivity index (χ2n) is 7.02. The molecule has 1 rings (SSSR count). The monoisotopic (exact) mass is 393 g/mol. The minimum absolute atomic E-state index is 0.0444. The summed E-state index contributed by atoms with van der Waals surface area (Å²) in [5.74, 6) is -0.293. The van der Waals surface area contributed by atoms with Crippen LogP contribution in [0.2, 0.25) is 0 Å². The average molecular weight is 394 g/mol. The number of methoxy groups -OCH3 is 1. The highest BCUT2D eigenvalue weighted by Crippen LogP contribution is 2.26. The molecule has 0 heterocycles. The summed E-state index contributed by atoms with van der Waals surface area (Å²) < 4.78 is 10.0. The van der Waals surface area contributed by atoms with Crippen LogP contribution in [0.1, 0.15) is 76.7 Å². The van der Waals surface area contributed by atoms with E-state index in [1.54, 1.807) is 12.1 Å². The van der Waals surface area contributed by atoms with E-state index in [1.807, 2.05) is 0 Å². The Morgan fingerprint density at radius 2 is 1.64 bits per heavy atom. The number of amides is 1. The fourth-order valence-electron chi connectivity index (χ4n) is 2.88. The van der Waals surface area contributed by atoms with Gasteiger partial charge in [-0.3, -0.25) is 9.59 Å². The van der Waals surface area contributed by atoms with Gasteiger partial charge in [-0.1, -0.05) is 64.4 Å². The summed E-state index contributed by atoms with van der Waals surface area (Å²) in [6.07, 6.45) is 11.1. The Morgan fingerprint density at radius 3 is 2.29 bits per heavy atom. The fourth-order valence-corrected chi connectivity index (χ4v) is 2.88. The van der Waals surface area contributed by atoms with Gasteiger partial charge in [-0.15, -0.1) is 0 Å². The highest BCUT2D eigenvalue weighted by Gasteiger charge is 2.08. The SMILES string of the molecule is CCCCCCCCCCCC(=O)OCC(=O)NCc1ccc(O)c(OC)c1. The van der Waals surface area contributed by atoms with E-state index in [0.717, 1.165) is 24.8 Å². The van der Waals surface area contributed by atoms with Gasteiger partial charge in [0.1, 0.15) is 0 Å². The molecule has 6 nitrogen and oxygen atoms in total. The second-order valence-corrected chi connectivity index (χ2v) is 7.02. The minimum atomic E-state index is -0.354. The van der Waals surface area contributed by atoms with Gasteiger partial charge in [-0.05, 0) is 24.1 Å². The van der Waals surface area contributed by atoms with E-state index in [9.17, 15) is 14.7 Å². The molecule has 0 atom stereocenters. The number of phenols is 1. The maximum atomic E-state index is 11.8. The zero-order valence-electron chi connectivity index (χ0n) is 17.3. The van der Waals surface area contributed by atoms with Gasteiger partial charge in [0.2, 0.25) is 0 Å². The van der Waals surface area contributed by atoms with Gasteiger partial charge in [0, 0.05) is 13.0 Å². The third kappa shape index (κ3) is 10.8. The van der Waals surface area contributed by atoms with Crippen molar-refractivity contribution in [1.29, 1.82) is 0 Å². The van der Waals surface area contributed by atoms with Crippen LogP contribution < -0.4 is 10.1 Å². The highest BCUT2D eigenvalue weighted by atomic mass is 16.5. The summed E-state index contributed by atoms with van der Waals surface area (Å²) in [6, 6.07) is 4.84. The van der Waals surface area contributed by atoms with E-state index >= 15 is 0 Å². The van der Waals surface area contributed by atoms with Crippen LogP contribution in [0.4, 0.5) is 0 Å². The number of hydrogen-bond donors (Lipinski definition) is 2. The minimum Gasteiger partial charge on any atom is -0.504 e. The van der Waals surface area contributed by atoms with E-state index in [4.69, 9.17) is 9.47 Å². The summed E-state index contributed by atoms with van der Waals surface area (Å²) in [7, 11) is 1.46. The first-order valence-corrected chi connectivity index (χ1v) is 10.3. The van der Waals surface area contributed by atoms with Gasteiger partial charge < -0.3 is 19.9 Å². The molecule has 2 N–H and O–H groups in total. The summed E-state index contributed by atoms with van der Waals surface area (Å²) in [5, 5.41) is 12.2. The first-order chi connectivity index (χ1) is 13.6. The van der Waals surface area contributed by atoms with Crippen molar-refractivity contribution in [3.05, 3.63) is 23.8 Å². The lowest BCUT2D eigenvalue weighted by Gasteiger charge is -2.09. The van der Waals surface area contributed by atoms with Crippen molar-refractivity contribution in [2.24, 2.45) is 0 Å². The Balaban J connectivity index is 2.06. The highest BCUT2D eigenvalue weighted by molar-refractivity contribution is 5.80. The molecule has 0 aliphatic rings. The molecule has 1 aromatic carbocycles. The number of phenolic OH excluding ortho intramolecular Hbond substituents is 1. The number of carbonyl (C=O) groups is 2. The van der Waals surface area contributed by atoms with Gasteiger partial charge in [-0.2, -0.15) is 0 Å². The van der Waals surface area contributed by atoms with Crippen LogP contribution in [0.15, 0.2) is 18.2 Å².